The summed E-state index contributed by atoms with van der Waals surface area (Å²) in [5.41, 5.74) is 0.356. The van der Waals surface area contributed by atoms with E-state index in [1.165, 1.54) is 11.3 Å². The summed E-state index contributed by atoms with van der Waals surface area (Å²) in [4.78, 5) is 28.8. The van der Waals surface area contributed by atoms with Crippen LogP contribution in [0.15, 0.2) is 5.38 Å². The number of rotatable bonds is 5. The van der Waals surface area contributed by atoms with Gasteiger partial charge in [-0.25, -0.2) is 4.98 Å². The van der Waals surface area contributed by atoms with Crippen molar-refractivity contribution in [2.45, 2.75) is 46.1 Å². The Hall–Kier alpha value is -1.43. The van der Waals surface area contributed by atoms with Crippen LogP contribution in [0, 0.1) is 6.92 Å². The molecular weight excluding hydrogens is 264 g/mol. The van der Waals surface area contributed by atoms with E-state index >= 15 is 0 Å². The molecule has 19 heavy (non-hydrogen) atoms. The number of nitrogens with zero attached hydrogens (tertiary/aromatic N) is 2. The molecule has 0 aliphatic rings. The van der Waals surface area contributed by atoms with Gasteiger partial charge in [-0.1, -0.05) is 0 Å². The first-order chi connectivity index (χ1) is 8.70. The lowest BCUT2D eigenvalue weighted by atomic mass is 10.0. The molecule has 0 aliphatic carbocycles. The number of hydrogen-bond donors (Lipinski definition) is 1. The van der Waals surface area contributed by atoms with Crippen LogP contribution in [0.25, 0.3) is 0 Å². The van der Waals surface area contributed by atoms with E-state index in [4.69, 9.17) is 5.11 Å². The fourth-order valence-electron chi connectivity index (χ4n) is 1.78. The number of carboxylic acid groups (broad SMARTS) is 1. The molecule has 0 radical (unpaired) electrons. The van der Waals surface area contributed by atoms with Gasteiger partial charge in [0.15, 0.2) is 0 Å². The van der Waals surface area contributed by atoms with E-state index in [0.717, 1.165) is 10.7 Å². The molecule has 0 aliphatic heterocycles. The van der Waals surface area contributed by atoms with Gasteiger partial charge in [0.1, 0.15) is 0 Å². The van der Waals surface area contributed by atoms with Gasteiger partial charge in [-0.15, -0.1) is 11.3 Å². The zero-order valence-corrected chi connectivity index (χ0v) is 12.6. The van der Waals surface area contributed by atoms with Gasteiger partial charge in [0.2, 0.25) is 5.91 Å². The predicted octanol–water partition coefficient (Wildman–Crippen LogP) is 2.10. The summed E-state index contributed by atoms with van der Waals surface area (Å²) < 4.78 is 0. The van der Waals surface area contributed by atoms with E-state index in [0.29, 0.717) is 0 Å². The van der Waals surface area contributed by atoms with Crippen LogP contribution in [0.4, 0.5) is 0 Å². The summed E-state index contributed by atoms with van der Waals surface area (Å²) in [6.07, 6.45) is 0.181. The maximum atomic E-state index is 12.3. The average molecular weight is 284 g/mol. The van der Waals surface area contributed by atoms with Crippen LogP contribution in [-0.4, -0.2) is 39.0 Å². The Labute approximate surface area is 117 Å². The Kier molecular flexibility index (Phi) is 5.05. The lowest BCUT2D eigenvalue weighted by Gasteiger charge is -2.35. The highest BCUT2D eigenvalue weighted by atomic mass is 32.1. The average Bonchev–Trinajstić information content (AvgIpc) is 2.61. The standard InChI is InChI=1S/C13H20N2O3S/c1-9-14-10(8-19-9)7-11(16)15(13(2,3)4)6-5-12(17)18/h8H,5-7H2,1-4H3,(H,17,18). The molecule has 0 spiro atoms. The topological polar surface area (TPSA) is 70.5 Å². The van der Waals surface area contributed by atoms with Crippen LogP contribution in [0.3, 0.4) is 0 Å². The molecule has 0 unspecified atom stereocenters. The third-order valence-corrected chi connectivity index (χ3v) is 3.48. The molecule has 1 aromatic heterocycles. The number of aryl methyl sites for hydroxylation is 1. The van der Waals surface area contributed by atoms with Crippen LogP contribution in [0.2, 0.25) is 0 Å². The molecule has 0 fully saturated rings. The maximum absolute atomic E-state index is 12.3. The van der Waals surface area contributed by atoms with Crippen molar-refractivity contribution in [3.8, 4) is 0 Å². The normalized spacial score (nSPS) is 11.4. The fourth-order valence-corrected chi connectivity index (χ4v) is 2.39. The second kappa shape index (κ2) is 6.14. The monoisotopic (exact) mass is 284 g/mol. The van der Waals surface area contributed by atoms with Crippen molar-refractivity contribution >= 4 is 23.2 Å². The zero-order valence-electron chi connectivity index (χ0n) is 11.8. The summed E-state index contributed by atoms with van der Waals surface area (Å²) in [6, 6.07) is 0. The first-order valence-corrected chi connectivity index (χ1v) is 7.01. The Bertz CT molecular complexity index is 463. The van der Waals surface area contributed by atoms with E-state index in [9.17, 15) is 9.59 Å². The molecule has 0 atom stereocenters. The van der Waals surface area contributed by atoms with Gasteiger partial charge in [-0.05, 0) is 27.7 Å². The van der Waals surface area contributed by atoms with Crippen molar-refractivity contribution < 1.29 is 14.7 Å². The fraction of sp³-hybridized carbons (Fsp3) is 0.615. The molecule has 1 heterocycles. The Morgan fingerprint density at radius 2 is 2.05 bits per heavy atom. The third kappa shape index (κ3) is 4.98. The molecule has 5 nitrogen and oxygen atoms in total. The van der Waals surface area contributed by atoms with Gasteiger partial charge in [-0.2, -0.15) is 0 Å². The summed E-state index contributed by atoms with van der Waals surface area (Å²) >= 11 is 1.51. The Balaban J connectivity index is 2.74. The minimum atomic E-state index is -0.897. The highest BCUT2D eigenvalue weighted by molar-refractivity contribution is 7.09. The minimum absolute atomic E-state index is 0.0426. The highest BCUT2D eigenvalue weighted by Crippen LogP contribution is 2.17. The minimum Gasteiger partial charge on any atom is -0.481 e. The number of amides is 1. The molecule has 1 rings (SSSR count). The molecule has 1 amide bonds. The van der Waals surface area contributed by atoms with Gasteiger partial charge < -0.3 is 10.0 Å². The van der Waals surface area contributed by atoms with E-state index in [-0.39, 0.29) is 25.3 Å². The van der Waals surface area contributed by atoms with Crippen LogP contribution < -0.4 is 0 Å². The Morgan fingerprint density at radius 3 is 2.47 bits per heavy atom. The number of carboxylic acids is 1. The van der Waals surface area contributed by atoms with E-state index in [1.54, 1.807) is 4.90 Å². The molecule has 106 valence electrons. The summed E-state index contributed by atoms with van der Waals surface area (Å²) in [7, 11) is 0. The number of hydrogen-bond acceptors (Lipinski definition) is 4. The number of carbonyl (C=O) groups excluding carboxylic acids is 1. The van der Waals surface area contributed by atoms with Crippen molar-refractivity contribution in [2.24, 2.45) is 0 Å². The van der Waals surface area contributed by atoms with Crippen molar-refractivity contribution in [1.29, 1.82) is 0 Å². The van der Waals surface area contributed by atoms with Gasteiger partial charge in [0.05, 0.1) is 23.5 Å². The second-order valence-electron chi connectivity index (χ2n) is 5.39. The number of carbonyl (C=O) groups is 2. The van der Waals surface area contributed by atoms with E-state index in [1.807, 2.05) is 33.1 Å². The molecule has 1 N–H and O–H groups in total. The van der Waals surface area contributed by atoms with Crippen LogP contribution in [0.5, 0.6) is 0 Å². The van der Waals surface area contributed by atoms with Crippen molar-refractivity contribution in [3.05, 3.63) is 16.1 Å². The number of thiazole rings is 1. The molecule has 0 bridgehead atoms. The van der Waals surface area contributed by atoms with Crippen LogP contribution in [-0.2, 0) is 16.0 Å². The summed E-state index contributed by atoms with van der Waals surface area (Å²) in [5, 5.41) is 11.5. The van der Waals surface area contributed by atoms with Crippen molar-refractivity contribution in [1.82, 2.24) is 9.88 Å². The largest absolute Gasteiger partial charge is 0.481 e. The number of aromatic nitrogens is 1. The van der Waals surface area contributed by atoms with Crippen molar-refractivity contribution in [2.75, 3.05) is 6.54 Å². The van der Waals surface area contributed by atoms with Gasteiger partial charge in [0.25, 0.3) is 0 Å². The first kappa shape index (κ1) is 15.6. The van der Waals surface area contributed by atoms with Crippen LogP contribution >= 0.6 is 11.3 Å². The first-order valence-electron chi connectivity index (χ1n) is 6.13. The molecule has 0 aromatic carbocycles. The quantitative estimate of drug-likeness (QED) is 0.899. The predicted molar refractivity (Wildman–Crippen MR) is 74.3 cm³/mol. The SMILES string of the molecule is Cc1nc(CC(=O)N(CCC(=O)O)C(C)(C)C)cs1. The molecule has 0 saturated heterocycles. The molecule has 6 heteroatoms. The van der Waals surface area contributed by atoms with Crippen LogP contribution in [0.1, 0.15) is 37.9 Å². The van der Waals surface area contributed by atoms with E-state index < -0.39 is 11.5 Å². The lowest BCUT2D eigenvalue weighted by Crippen LogP contribution is -2.47. The second-order valence-corrected chi connectivity index (χ2v) is 6.46. The summed E-state index contributed by atoms with van der Waals surface area (Å²) in [5.74, 6) is -0.981. The molecule has 0 saturated carbocycles. The van der Waals surface area contributed by atoms with E-state index in [2.05, 4.69) is 4.98 Å². The summed E-state index contributed by atoms with van der Waals surface area (Å²) in [6.45, 7) is 7.82. The third-order valence-electron chi connectivity index (χ3n) is 2.66. The molecule has 1 aromatic rings. The Morgan fingerprint density at radius 1 is 1.42 bits per heavy atom. The highest BCUT2D eigenvalue weighted by Gasteiger charge is 2.27. The number of aliphatic carboxylic acids is 1. The van der Waals surface area contributed by atoms with Gasteiger partial charge >= 0.3 is 5.97 Å². The van der Waals surface area contributed by atoms with Crippen molar-refractivity contribution in [3.63, 3.8) is 0 Å². The molecular formula is C13H20N2O3S. The zero-order chi connectivity index (χ0) is 14.6. The lowest BCUT2D eigenvalue weighted by molar-refractivity contribution is -0.140. The van der Waals surface area contributed by atoms with Gasteiger partial charge in [0, 0.05) is 17.5 Å². The van der Waals surface area contributed by atoms with Gasteiger partial charge in [-0.3, -0.25) is 9.59 Å². The maximum Gasteiger partial charge on any atom is 0.305 e. The smallest absolute Gasteiger partial charge is 0.305 e.